The van der Waals surface area contributed by atoms with Crippen molar-refractivity contribution in [1.82, 2.24) is 5.32 Å². The van der Waals surface area contributed by atoms with Gasteiger partial charge in [0.05, 0.1) is 6.61 Å². The molecule has 0 unspecified atom stereocenters. The number of carbonyl (C=O) groups is 1. The molecule has 0 radical (unpaired) electrons. The van der Waals surface area contributed by atoms with E-state index in [4.69, 9.17) is 5.11 Å². The molecule has 172 valence electrons. The van der Waals surface area contributed by atoms with Crippen LogP contribution in [0.15, 0.2) is 12.2 Å². The molecule has 29 heavy (non-hydrogen) atoms. The zero-order chi connectivity index (χ0) is 21.3. The van der Waals surface area contributed by atoms with Crippen LogP contribution in [0.25, 0.3) is 0 Å². The Kier molecular flexibility index (Phi) is 24.5. The maximum absolute atomic E-state index is 11.4. The largest absolute Gasteiger partial charge is 0.395 e. The number of aliphatic hydroxyl groups is 1. The van der Waals surface area contributed by atoms with Crippen molar-refractivity contribution in [2.45, 2.75) is 135 Å². The Morgan fingerprint density at radius 1 is 0.655 bits per heavy atom. The summed E-state index contributed by atoms with van der Waals surface area (Å²) in [6.07, 6.45) is 30.7. The van der Waals surface area contributed by atoms with Crippen LogP contribution in [0.2, 0.25) is 0 Å². The smallest absolute Gasteiger partial charge is 0.220 e. The first-order chi connectivity index (χ1) is 14.3. The summed E-state index contributed by atoms with van der Waals surface area (Å²) in [5, 5.41) is 11.3. The van der Waals surface area contributed by atoms with Gasteiger partial charge >= 0.3 is 0 Å². The number of aliphatic hydroxyl groups excluding tert-OH is 1. The maximum Gasteiger partial charge on any atom is 0.220 e. The Hall–Kier alpha value is -0.830. The standard InChI is InChI=1S/C26H51NO2/c1-2-3-4-5-6-7-8-9-10-11-12-13-14-15-16-17-18-19-20-21-22-23-26(29)27-24-25-28/h9-10,28H,2-8,11-25H2,1H3,(H,27,29). The van der Waals surface area contributed by atoms with Gasteiger partial charge < -0.3 is 10.4 Å². The van der Waals surface area contributed by atoms with Crippen LogP contribution in [-0.2, 0) is 4.79 Å². The van der Waals surface area contributed by atoms with Gasteiger partial charge in [0.15, 0.2) is 0 Å². The van der Waals surface area contributed by atoms with Gasteiger partial charge in [-0.1, -0.05) is 109 Å². The van der Waals surface area contributed by atoms with Gasteiger partial charge in [-0.2, -0.15) is 0 Å². The van der Waals surface area contributed by atoms with Crippen molar-refractivity contribution >= 4 is 5.91 Å². The molecular formula is C26H51NO2. The number of hydrogen-bond donors (Lipinski definition) is 2. The molecule has 0 bridgehead atoms. The summed E-state index contributed by atoms with van der Waals surface area (Å²) in [5.41, 5.74) is 0. The fourth-order valence-corrected chi connectivity index (χ4v) is 3.70. The maximum atomic E-state index is 11.4. The first-order valence-corrected chi connectivity index (χ1v) is 12.8. The van der Waals surface area contributed by atoms with Gasteiger partial charge in [-0.3, -0.25) is 4.79 Å². The monoisotopic (exact) mass is 409 g/mol. The molecule has 0 saturated carbocycles. The Balaban J connectivity index is 3.11. The summed E-state index contributed by atoms with van der Waals surface area (Å²) in [7, 11) is 0. The van der Waals surface area contributed by atoms with E-state index >= 15 is 0 Å². The van der Waals surface area contributed by atoms with E-state index in [1.54, 1.807) is 0 Å². The van der Waals surface area contributed by atoms with Crippen LogP contribution in [-0.4, -0.2) is 24.2 Å². The van der Waals surface area contributed by atoms with Crippen LogP contribution in [0, 0.1) is 0 Å². The third kappa shape index (κ3) is 25.1. The minimum atomic E-state index is 0.0299. The van der Waals surface area contributed by atoms with E-state index in [0.717, 1.165) is 12.8 Å². The molecule has 0 fully saturated rings. The number of carbonyl (C=O) groups excluding carboxylic acids is 1. The van der Waals surface area contributed by atoms with E-state index < -0.39 is 0 Å². The van der Waals surface area contributed by atoms with E-state index in [0.29, 0.717) is 13.0 Å². The Labute approximate surface area is 182 Å². The molecule has 0 rings (SSSR count). The van der Waals surface area contributed by atoms with Gasteiger partial charge in [-0.25, -0.2) is 0 Å². The van der Waals surface area contributed by atoms with Crippen molar-refractivity contribution in [3.63, 3.8) is 0 Å². The number of unbranched alkanes of at least 4 members (excludes halogenated alkanes) is 17. The van der Waals surface area contributed by atoms with Gasteiger partial charge in [0.2, 0.25) is 5.91 Å². The van der Waals surface area contributed by atoms with E-state index in [9.17, 15) is 4.79 Å². The molecule has 0 aliphatic heterocycles. The first kappa shape index (κ1) is 28.2. The molecule has 0 aliphatic carbocycles. The zero-order valence-corrected chi connectivity index (χ0v) is 19.6. The summed E-state index contributed by atoms with van der Waals surface area (Å²) in [6.45, 7) is 2.69. The fourth-order valence-electron chi connectivity index (χ4n) is 3.70. The molecule has 0 aromatic heterocycles. The van der Waals surface area contributed by atoms with Crippen LogP contribution < -0.4 is 5.32 Å². The van der Waals surface area contributed by atoms with Crippen molar-refractivity contribution in [2.75, 3.05) is 13.2 Å². The third-order valence-electron chi connectivity index (χ3n) is 5.60. The van der Waals surface area contributed by atoms with Gasteiger partial charge in [0, 0.05) is 13.0 Å². The lowest BCUT2D eigenvalue weighted by molar-refractivity contribution is -0.121. The van der Waals surface area contributed by atoms with Gasteiger partial charge in [-0.05, 0) is 32.1 Å². The van der Waals surface area contributed by atoms with Crippen molar-refractivity contribution in [2.24, 2.45) is 0 Å². The van der Waals surface area contributed by atoms with Crippen molar-refractivity contribution < 1.29 is 9.90 Å². The predicted molar refractivity (Wildman–Crippen MR) is 127 cm³/mol. The Morgan fingerprint density at radius 3 is 1.52 bits per heavy atom. The lowest BCUT2D eigenvalue weighted by atomic mass is 10.0. The first-order valence-electron chi connectivity index (χ1n) is 12.8. The molecule has 0 aliphatic rings. The van der Waals surface area contributed by atoms with Gasteiger partial charge in [-0.15, -0.1) is 0 Å². The highest BCUT2D eigenvalue weighted by Gasteiger charge is 1.99. The van der Waals surface area contributed by atoms with Crippen molar-refractivity contribution in [3.05, 3.63) is 12.2 Å². The zero-order valence-electron chi connectivity index (χ0n) is 19.6. The highest BCUT2D eigenvalue weighted by molar-refractivity contribution is 5.75. The number of rotatable bonds is 23. The fraction of sp³-hybridized carbons (Fsp3) is 0.885. The van der Waals surface area contributed by atoms with Crippen LogP contribution in [0.4, 0.5) is 0 Å². The van der Waals surface area contributed by atoms with Crippen LogP contribution in [0.1, 0.15) is 135 Å². The van der Waals surface area contributed by atoms with E-state index in [1.807, 2.05) is 0 Å². The summed E-state index contributed by atoms with van der Waals surface area (Å²) >= 11 is 0. The molecule has 0 spiro atoms. The molecule has 3 heteroatoms. The molecular weight excluding hydrogens is 358 g/mol. The van der Waals surface area contributed by atoms with Crippen LogP contribution in [0.5, 0.6) is 0 Å². The second-order valence-electron chi connectivity index (χ2n) is 8.53. The topological polar surface area (TPSA) is 49.3 Å². The molecule has 0 atom stereocenters. The summed E-state index contributed by atoms with van der Waals surface area (Å²) in [4.78, 5) is 11.4. The average Bonchev–Trinajstić information content (AvgIpc) is 2.73. The van der Waals surface area contributed by atoms with Crippen molar-refractivity contribution in [1.29, 1.82) is 0 Å². The normalized spacial score (nSPS) is 11.4. The third-order valence-corrected chi connectivity index (χ3v) is 5.60. The second-order valence-corrected chi connectivity index (χ2v) is 8.53. The highest BCUT2D eigenvalue weighted by atomic mass is 16.3. The Bertz CT molecular complexity index is 355. The number of hydrogen-bond acceptors (Lipinski definition) is 2. The van der Waals surface area contributed by atoms with E-state index in [2.05, 4.69) is 24.4 Å². The summed E-state index contributed by atoms with van der Waals surface area (Å²) in [6, 6.07) is 0. The minimum absolute atomic E-state index is 0.0299. The SMILES string of the molecule is CCCCCCCCC=CCCCCCCCCCCCCCC(=O)NCCO. The molecule has 0 saturated heterocycles. The lowest BCUT2D eigenvalue weighted by Crippen LogP contribution is -2.25. The second kappa shape index (κ2) is 25.2. The molecule has 0 heterocycles. The van der Waals surface area contributed by atoms with E-state index in [1.165, 1.54) is 109 Å². The quantitative estimate of drug-likeness (QED) is 0.136. The molecule has 0 aromatic carbocycles. The predicted octanol–water partition coefficient (Wildman–Crippen LogP) is 7.47. The Morgan fingerprint density at radius 2 is 1.07 bits per heavy atom. The summed E-state index contributed by atoms with van der Waals surface area (Å²) < 4.78 is 0. The highest BCUT2D eigenvalue weighted by Crippen LogP contribution is 2.13. The molecule has 3 nitrogen and oxygen atoms in total. The van der Waals surface area contributed by atoms with Crippen LogP contribution in [0.3, 0.4) is 0 Å². The van der Waals surface area contributed by atoms with E-state index in [-0.39, 0.29) is 12.5 Å². The number of allylic oxidation sites excluding steroid dienone is 2. The average molecular weight is 410 g/mol. The number of amides is 1. The molecule has 1 amide bonds. The summed E-state index contributed by atoms with van der Waals surface area (Å²) in [5.74, 6) is 0.0762. The van der Waals surface area contributed by atoms with Crippen LogP contribution >= 0.6 is 0 Å². The molecule has 2 N–H and O–H groups in total. The lowest BCUT2D eigenvalue weighted by Gasteiger charge is -2.04. The molecule has 0 aromatic rings. The van der Waals surface area contributed by atoms with Gasteiger partial charge in [0.25, 0.3) is 0 Å². The van der Waals surface area contributed by atoms with Gasteiger partial charge in [0.1, 0.15) is 0 Å². The number of nitrogens with one attached hydrogen (secondary N) is 1. The minimum Gasteiger partial charge on any atom is -0.395 e. The van der Waals surface area contributed by atoms with Crippen molar-refractivity contribution in [3.8, 4) is 0 Å².